The summed E-state index contributed by atoms with van der Waals surface area (Å²) in [5.41, 5.74) is -0.660. The quantitative estimate of drug-likeness (QED) is 0.0510. The van der Waals surface area contributed by atoms with Crippen molar-refractivity contribution >= 4 is 47.8 Å². The number of carbonyl (C=O) groups is 8. The summed E-state index contributed by atoms with van der Waals surface area (Å²) in [7, 11) is 6.68. The molecule has 9 rings (SSSR count). The molecule has 3 aliphatic carbocycles. The topological polar surface area (TPSA) is 245 Å². The van der Waals surface area contributed by atoms with Gasteiger partial charge in [0.1, 0.15) is 23.4 Å². The van der Waals surface area contributed by atoms with Crippen molar-refractivity contribution in [3.63, 3.8) is 0 Å². The van der Waals surface area contributed by atoms with Crippen molar-refractivity contribution in [2.45, 2.75) is 154 Å². The first-order valence-electron chi connectivity index (χ1n) is 30.4. The molecule has 0 N–H and O–H groups in total. The van der Waals surface area contributed by atoms with Crippen LogP contribution in [0.2, 0.25) is 0 Å². The minimum absolute atomic E-state index is 0.00437. The van der Waals surface area contributed by atoms with Crippen LogP contribution in [0.25, 0.3) is 0 Å². The molecular weight excluding hydrogens is 1140 g/mol. The Morgan fingerprint density at radius 2 is 0.798 bits per heavy atom. The Morgan fingerprint density at radius 1 is 0.449 bits per heavy atom. The highest BCUT2D eigenvalue weighted by atomic mass is 16.6. The molecule has 482 valence electrons. The smallest absolute Gasteiger partial charge is 0.339 e. The second-order valence-electron chi connectivity index (χ2n) is 25.9. The second kappa shape index (κ2) is 28.6. The molecule has 5 aliphatic rings. The van der Waals surface area contributed by atoms with E-state index in [9.17, 15) is 38.4 Å². The van der Waals surface area contributed by atoms with Gasteiger partial charge in [0, 0.05) is 12.5 Å². The van der Waals surface area contributed by atoms with Gasteiger partial charge in [0.25, 0.3) is 0 Å². The zero-order chi connectivity index (χ0) is 65.3. The summed E-state index contributed by atoms with van der Waals surface area (Å²) in [6, 6.07) is 25.9. The van der Waals surface area contributed by atoms with Crippen LogP contribution in [0.3, 0.4) is 0 Å². The van der Waals surface area contributed by atoms with E-state index in [0.29, 0.717) is 43.8 Å². The summed E-state index contributed by atoms with van der Waals surface area (Å²) in [5, 5.41) is 0. The molecule has 0 radical (unpaired) electrons. The first kappa shape index (κ1) is 69.0. The summed E-state index contributed by atoms with van der Waals surface area (Å²) < 4.78 is 59.4. The van der Waals surface area contributed by atoms with Crippen LogP contribution in [-0.4, -0.2) is 137 Å². The third-order valence-corrected chi connectivity index (χ3v) is 19.7. The lowest BCUT2D eigenvalue weighted by molar-refractivity contribution is -0.128. The lowest BCUT2D eigenvalue weighted by Gasteiger charge is -2.47. The van der Waals surface area contributed by atoms with E-state index in [-0.39, 0.29) is 85.5 Å². The number of epoxide rings is 2. The number of rotatable bonds is 18. The highest BCUT2D eigenvalue weighted by molar-refractivity contribution is 6.05. The summed E-state index contributed by atoms with van der Waals surface area (Å²) in [5.74, 6) is -3.37. The van der Waals surface area contributed by atoms with Gasteiger partial charge in [-0.2, -0.15) is 0 Å². The second-order valence-corrected chi connectivity index (χ2v) is 25.9. The first-order valence-corrected chi connectivity index (χ1v) is 30.4. The van der Waals surface area contributed by atoms with E-state index in [4.69, 9.17) is 52.1 Å². The molecule has 0 amide bonds. The molecule has 11 atom stereocenters. The zero-order valence-electron chi connectivity index (χ0n) is 53.9. The monoisotopic (exact) mass is 1230 g/mol. The molecule has 0 spiro atoms. The fourth-order valence-electron chi connectivity index (χ4n) is 12.5. The minimum Gasteiger partial charge on any atom is -0.465 e. The van der Waals surface area contributed by atoms with Crippen molar-refractivity contribution < 1.29 is 90.5 Å². The number of benzene rings is 4. The first-order chi connectivity index (χ1) is 42.0. The van der Waals surface area contributed by atoms with Crippen LogP contribution < -0.4 is 0 Å². The fourth-order valence-corrected chi connectivity index (χ4v) is 12.5. The Hall–Kier alpha value is -7.48. The fraction of sp³-hybridized carbons (Fsp3) is 0.543. The number of carbonyl (C=O) groups excluding carboxylic acids is 8. The van der Waals surface area contributed by atoms with Crippen molar-refractivity contribution in [3.8, 4) is 0 Å². The number of methoxy groups -OCH3 is 5. The van der Waals surface area contributed by atoms with Crippen LogP contribution in [0.4, 0.5) is 0 Å². The van der Waals surface area contributed by atoms with Crippen LogP contribution in [0, 0.1) is 35.0 Å². The molecule has 4 aromatic carbocycles. The summed E-state index contributed by atoms with van der Waals surface area (Å²) in [4.78, 5) is 99.1. The van der Waals surface area contributed by atoms with Gasteiger partial charge in [0.2, 0.25) is 0 Å². The van der Waals surface area contributed by atoms with Gasteiger partial charge in [-0.1, -0.05) is 76.2 Å². The Kier molecular flexibility index (Phi) is 22.1. The number of hydrogen-bond donors (Lipinski definition) is 0. The van der Waals surface area contributed by atoms with E-state index in [1.165, 1.54) is 46.6 Å². The lowest BCUT2D eigenvalue weighted by atomic mass is 9.67. The molecule has 0 aromatic heterocycles. The van der Waals surface area contributed by atoms with E-state index in [0.717, 1.165) is 45.1 Å². The summed E-state index contributed by atoms with van der Waals surface area (Å²) in [6.45, 7) is 19.6. The zero-order valence-corrected chi connectivity index (χ0v) is 53.9. The van der Waals surface area contributed by atoms with Crippen LogP contribution in [0.1, 0.15) is 203 Å². The molecule has 19 heteroatoms. The largest absolute Gasteiger partial charge is 0.465 e. The van der Waals surface area contributed by atoms with E-state index in [2.05, 4.69) is 34.6 Å². The maximum absolute atomic E-state index is 13.1. The minimum atomic E-state index is -0.813. The highest BCUT2D eigenvalue weighted by Crippen LogP contribution is 2.53. The lowest BCUT2D eigenvalue weighted by Crippen LogP contribution is -2.50. The van der Waals surface area contributed by atoms with Gasteiger partial charge in [-0.15, -0.1) is 0 Å². The van der Waals surface area contributed by atoms with Crippen LogP contribution in [0.5, 0.6) is 0 Å². The van der Waals surface area contributed by atoms with Crippen molar-refractivity contribution in [1.82, 2.24) is 0 Å². The Balaban J connectivity index is 0.000000198. The molecule has 2 saturated heterocycles. The molecule has 19 nitrogen and oxygen atoms in total. The molecule has 89 heavy (non-hydrogen) atoms. The maximum atomic E-state index is 13.1. The molecule has 11 unspecified atom stereocenters. The van der Waals surface area contributed by atoms with E-state index in [1.54, 1.807) is 86.0 Å². The molecule has 2 aliphatic heterocycles. The van der Waals surface area contributed by atoms with Crippen LogP contribution in [0.15, 0.2) is 97.1 Å². The number of ether oxygens (including phenoxy) is 11. The molecule has 0 bridgehead atoms. The maximum Gasteiger partial charge on any atom is 0.339 e. The van der Waals surface area contributed by atoms with Gasteiger partial charge < -0.3 is 52.1 Å². The Bertz CT molecular complexity index is 3240. The van der Waals surface area contributed by atoms with Crippen molar-refractivity contribution in [2.75, 3.05) is 55.4 Å². The number of hydrogen-bond acceptors (Lipinski definition) is 19. The molecule has 5 fully saturated rings. The van der Waals surface area contributed by atoms with Gasteiger partial charge >= 0.3 is 47.8 Å². The number of fused-ring (bicyclic) bond motifs is 1. The Morgan fingerprint density at radius 3 is 1.15 bits per heavy atom. The van der Waals surface area contributed by atoms with Gasteiger partial charge in [0.15, 0.2) is 0 Å². The third kappa shape index (κ3) is 16.1. The molecular formula is C70H88O19. The van der Waals surface area contributed by atoms with Crippen molar-refractivity contribution in [2.24, 2.45) is 35.0 Å². The van der Waals surface area contributed by atoms with Gasteiger partial charge in [-0.05, 0) is 171 Å². The van der Waals surface area contributed by atoms with Crippen LogP contribution in [-0.2, 0) is 52.1 Å². The van der Waals surface area contributed by atoms with E-state index >= 15 is 0 Å². The van der Waals surface area contributed by atoms with E-state index in [1.807, 2.05) is 27.7 Å². The number of esters is 8. The standard InChI is InChI=1S/C30H36O9.2C20H26O5/c1-19-17-20(15-16-29(19,2)39-28(34)24-14-10-8-12-22(24)26(32)36-5)30(3,37-6)18-38-27(33)23-13-9-7-11-21(23)25(31)35-4;1-19(2,13-9-10-20(3)16(11-13)25-20)12-24-18(22)15-8-6-5-7-14(15)17(21)23-4;1-13-11-14(20(3)12-24-20)9-10-19(13,2)25-18(22)16-8-6-5-7-15(16)17(21)23-4/h7-14,19-20H,15-18H2,1-6H3;5-8,13,16H,9-12H2,1-4H3;5-8,13-14H,9-12H2,1-4H3. The summed E-state index contributed by atoms with van der Waals surface area (Å²) >= 11 is 0. The van der Waals surface area contributed by atoms with Gasteiger partial charge in [0.05, 0.1) is 103 Å². The van der Waals surface area contributed by atoms with Gasteiger partial charge in [-0.3, -0.25) is 0 Å². The van der Waals surface area contributed by atoms with E-state index < -0.39 is 64.6 Å². The average Bonchev–Trinajstić information content (AvgIpc) is 1.75. The molecule has 4 aromatic rings. The van der Waals surface area contributed by atoms with Gasteiger partial charge in [-0.25, -0.2) is 38.4 Å². The third-order valence-electron chi connectivity index (χ3n) is 19.7. The predicted octanol–water partition coefficient (Wildman–Crippen LogP) is 12.1. The average molecular weight is 1230 g/mol. The highest BCUT2D eigenvalue weighted by Gasteiger charge is 2.57. The normalized spacial score (nSPS) is 27.2. The van der Waals surface area contributed by atoms with Crippen molar-refractivity contribution in [3.05, 3.63) is 142 Å². The molecule has 3 saturated carbocycles. The van der Waals surface area contributed by atoms with Crippen LogP contribution >= 0.6 is 0 Å². The van der Waals surface area contributed by atoms with Crippen molar-refractivity contribution in [1.29, 1.82) is 0 Å². The predicted molar refractivity (Wildman–Crippen MR) is 327 cm³/mol. The Labute approximate surface area is 522 Å². The summed E-state index contributed by atoms with van der Waals surface area (Å²) in [6.07, 6.45) is 8.08. The molecule has 2 heterocycles. The SMILES string of the molecule is COC(=O)c1ccccc1C(=O)OC1(C)CCC(C2(C)CO2)CC1C.COC(=O)c1ccccc1C(=O)OCC(C)(C)C1CCC2(C)OC2C1.COC(=O)c1ccccc1C(=O)OCC(C)(OC)C1CCC(C)(OC(=O)c2ccccc2C(=O)OC)C(C)C1.